The molecule has 0 bridgehead atoms. The van der Waals surface area contributed by atoms with Gasteiger partial charge >= 0.3 is 11.8 Å². The standard InChI is InChI=1S/C11H10BrN5O5/c1-2-4-7-5(3-6(8(4)12)17(21)22)14-10(18)15-9(7)16(13)11(19)20/h3H,2,13H2,1H3,(H,19,20)(H,14,15,18). The maximum Gasteiger partial charge on any atom is 0.427 e. The SMILES string of the molecule is CCc1c(Br)c([N+](=O)[O-])cc2[nH]c(=O)nc(N(N)C(=O)O)c12. The number of hydrogen-bond donors (Lipinski definition) is 3. The molecule has 0 aliphatic carbocycles. The number of hydrogen-bond acceptors (Lipinski definition) is 6. The minimum atomic E-state index is -1.52. The van der Waals surface area contributed by atoms with Crippen LogP contribution in [0.2, 0.25) is 0 Å². The first kappa shape index (κ1) is 15.9. The molecule has 4 N–H and O–H groups in total. The van der Waals surface area contributed by atoms with Crippen LogP contribution < -0.4 is 16.5 Å². The highest BCUT2D eigenvalue weighted by molar-refractivity contribution is 9.10. The Hall–Kier alpha value is -2.53. The Morgan fingerprint density at radius 3 is 2.77 bits per heavy atom. The van der Waals surface area contributed by atoms with Gasteiger partial charge in [-0.3, -0.25) is 10.1 Å². The molecule has 0 fully saturated rings. The number of carbonyl (C=O) groups is 1. The minimum absolute atomic E-state index is 0.0819. The number of rotatable bonds is 3. The molecule has 10 nitrogen and oxygen atoms in total. The van der Waals surface area contributed by atoms with E-state index in [0.717, 1.165) is 6.07 Å². The first-order valence-electron chi connectivity index (χ1n) is 5.95. The van der Waals surface area contributed by atoms with E-state index >= 15 is 0 Å². The van der Waals surface area contributed by atoms with Crippen LogP contribution in [0.4, 0.5) is 16.3 Å². The number of nitrogens with zero attached hydrogens (tertiary/aromatic N) is 3. The van der Waals surface area contributed by atoms with E-state index in [1.165, 1.54) is 0 Å². The number of nitrogens with two attached hydrogens (primary N) is 1. The summed E-state index contributed by atoms with van der Waals surface area (Å²) >= 11 is 3.13. The number of halogens is 1. The molecule has 0 aliphatic heterocycles. The third-order valence-electron chi connectivity index (χ3n) is 3.00. The summed E-state index contributed by atoms with van der Waals surface area (Å²) in [5, 5.41) is 20.6. The molecule has 1 amide bonds. The molecule has 0 atom stereocenters. The molecule has 0 saturated carbocycles. The van der Waals surface area contributed by atoms with Crippen LogP contribution in [0.25, 0.3) is 10.9 Å². The Labute approximate surface area is 130 Å². The lowest BCUT2D eigenvalue weighted by Gasteiger charge is -2.16. The zero-order chi connectivity index (χ0) is 16.6. The van der Waals surface area contributed by atoms with Crippen molar-refractivity contribution in [1.29, 1.82) is 0 Å². The maximum atomic E-state index is 11.6. The van der Waals surface area contributed by atoms with Crippen molar-refractivity contribution in [1.82, 2.24) is 9.97 Å². The summed E-state index contributed by atoms with van der Waals surface area (Å²) in [6, 6.07) is 1.13. The molecule has 0 radical (unpaired) electrons. The molecule has 0 unspecified atom stereocenters. The molecule has 0 aliphatic rings. The van der Waals surface area contributed by atoms with Gasteiger partial charge in [-0.15, -0.1) is 0 Å². The van der Waals surface area contributed by atoms with E-state index in [9.17, 15) is 19.7 Å². The number of aromatic amines is 1. The Bertz CT molecular complexity index is 849. The summed E-state index contributed by atoms with van der Waals surface area (Å²) in [7, 11) is 0. The Morgan fingerprint density at radius 1 is 1.64 bits per heavy atom. The summed E-state index contributed by atoms with van der Waals surface area (Å²) in [5.74, 6) is 5.12. The van der Waals surface area contributed by atoms with Crippen molar-refractivity contribution in [2.24, 2.45) is 5.84 Å². The third-order valence-corrected chi connectivity index (χ3v) is 3.88. The van der Waals surface area contributed by atoms with Gasteiger partial charge in [-0.2, -0.15) is 9.99 Å². The number of anilines is 1. The molecule has 11 heteroatoms. The minimum Gasteiger partial charge on any atom is -0.464 e. The van der Waals surface area contributed by atoms with Crippen molar-refractivity contribution in [2.45, 2.75) is 13.3 Å². The van der Waals surface area contributed by atoms with E-state index in [2.05, 4.69) is 25.9 Å². The number of hydrazine groups is 1. The lowest BCUT2D eigenvalue weighted by molar-refractivity contribution is -0.385. The average Bonchev–Trinajstić information content (AvgIpc) is 2.45. The average molecular weight is 372 g/mol. The molecule has 1 aromatic heterocycles. The van der Waals surface area contributed by atoms with Crippen LogP contribution in [0.5, 0.6) is 0 Å². The fourth-order valence-corrected chi connectivity index (χ4v) is 2.82. The van der Waals surface area contributed by atoms with Crippen molar-refractivity contribution >= 4 is 44.4 Å². The number of nitrogens with one attached hydrogen (secondary N) is 1. The molecule has 0 saturated heterocycles. The number of amides is 1. The van der Waals surface area contributed by atoms with Gasteiger partial charge in [0.25, 0.3) is 5.69 Å². The van der Waals surface area contributed by atoms with E-state index in [1.807, 2.05) is 0 Å². The van der Waals surface area contributed by atoms with Crippen LogP contribution in [0.1, 0.15) is 12.5 Å². The Morgan fingerprint density at radius 2 is 2.27 bits per heavy atom. The number of benzene rings is 1. The summed E-state index contributed by atoms with van der Waals surface area (Å²) in [5.41, 5.74) is -0.619. The molecule has 2 aromatic rings. The topological polar surface area (TPSA) is 155 Å². The fourth-order valence-electron chi connectivity index (χ4n) is 2.08. The van der Waals surface area contributed by atoms with Crippen LogP contribution in [0.15, 0.2) is 15.3 Å². The van der Waals surface area contributed by atoms with Gasteiger partial charge in [-0.25, -0.2) is 15.4 Å². The molecular weight excluding hydrogens is 362 g/mol. The van der Waals surface area contributed by atoms with Crippen LogP contribution in [0, 0.1) is 10.1 Å². The van der Waals surface area contributed by atoms with E-state index in [4.69, 9.17) is 10.9 Å². The molecule has 1 heterocycles. The second kappa shape index (κ2) is 5.69. The lowest BCUT2D eigenvalue weighted by Crippen LogP contribution is -2.38. The van der Waals surface area contributed by atoms with Crippen molar-refractivity contribution in [3.8, 4) is 0 Å². The van der Waals surface area contributed by atoms with Crippen LogP contribution >= 0.6 is 15.9 Å². The Balaban J connectivity index is 3.00. The lowest BCUT2D eigenvalue weighted by atomic mass is 10.1. The van der Waals surface area contributed by atoms with Crippen LogP contribution in [0.3, 0.4) is 0 Å². The van der Waals surface area contributed by atoms with E-state index < -0.39 is 16.7 Å². The van der Waals surface area contributed by atoms with E-state index in [0.29, 0.717) is 17.0 Å². The smallest absolute Gasteiger partial charge is 0.427 e. The van der Waals surface area contributed by atoms with Crippen molar-refractivity contribution in [3.05, 3.63) is 36.7 Å². The van der Waals surface area contributed by atoms with Crippen LogP contribution in [-0.4, -0.2) is 26.1 Å². The normalized spacial score (nSPS) is 10.7. The zero-order valence-electron chi connectivity index (χ0n) is 11.2. The predicted molar refractivity (Wildman–Crippen MR) is 80.8 cm³/mol. The number of aromatic nitrogens is 2. The molecule has 1 aromatic carbocycles. The van der Waals surface area contributed by atoms with Gasteiger partial charge in [-0.1, -0.05) is 6.92 Å². The number of carboxylic acid groups (broad SMARTS) is 1. The van der Waals surface area contributed by atoms with Gasteiger partial charge in [0.15, 0.2) is 5.82 Å². The maximum absolute atomic E-state index is 11.6. The third kappa shape index (κ3) is 2.51. The summed E-state index contributed by atoms with van der Waals surface area (Å²) < 4.78 is 0.182. The number of fused-ring (bicyclic) bond motifs is 1. The molecule has 22 heavy (non-hydrogen) atoms. The monoisotopic (exact) mass is 371 g/mol. The molecule has 0 spiro atoms. The highest BCUT2D eigenvalue weighted by Crippen LogP contribution is 2.37. The Kier molecular flexibility index (Phi) is 4.10. The second-order valence-corrected chi connectivity index (χ2v) is 5.03. The summed E-state index contributed by atoms with van der Waals surface area (Å²) in [6.45, 7) is 1.72. The van der Waals surface area contributed by atoms with Gasteiger partial charge in [0.1, 0.15) is 0 Å². The van der Waals surface area contributed by atoms with Gasteiger partial charge in [0, 0.05) is 11.5 Å². The van der Waals surface area contributed by atoms with Gasteiger partial charge in [-0.05, 0) is 27.9 Å². The predicted octanol–water partition coefficient (Wildman–Crippen LogP) is 1.51. The highest BCUT2D eigenvalue weighted by atomic mass is 79.9. The molecule has 116 valence electrons. The van der Waals surface area contributed by atoms with Crippen molar-refractivity contribution in [2.75, 3.05) is 5.01 Å². The first-order chi connectivity index (χ1) is 10.3. The summed E-state index contributed by atoms with van der Waals surface area (Å²) in [4.78, 5) is 39.0. The van der Waals surface area contributed by atoms with Gasteiger partial charge in [0.05, 0.1) is 14.9 Å². The van der Waals surface area contributed by atoms with Crippen molar-refractivity contribution in [3.63, 3.8) is 0 Å². The van der Waals surface area contributed by atoms with Gasteiger partial charge in [0.2, 0.25) is 0 Å². The quantitative estimate of drug-likeness (QED) is 0.319. The van der Waals surface area contributed by atoms with Crippen LogP contribution in [-0.2, 0) is 6.42 Å². The molecular formula is C11H10BrN5O5. The second-order valence-electron chi connectivity index (χ2n) is 4.24. The number of H-pyrrole nitrogens is 1. The highest BCUT2D eigenvalue weighted by Gasteiger charge is 2.24. The first-order valence-corrected chi connectivity index (χ1v) is 6.74. The number of nitro groups is 1. The van der Waals surface area contributed by atoms with Crippen molar-refractivity contribution < 1.29 is 14.8 Å². The van der Waals surface area contributed by atoms with Gasteiger partial charge < -0.3 is 10.1 Å². The fraction of sp³-hybridized carbons (Fsp3) is 0.182. The van der Waals surface area contributed by atoms with E-state index in [1.54, 1.807) is 6.92 Å². The largest absolute Gasteiger partial charge is 0.464 e. The number of aryl methyl sites for hydroxylation is 1. The van der Waals surface area contributed by atoms with E-state index in [-0.39, 0.29) is 26.9 Å². The number of nitro benzene ring substituents is 1. The zero-order valence-corrected chi connectivity index (χ0v) is 12.7. The summed E-state index contributed by atoms with van der Waals surface area (Å²) in [6.07, 6.45) is -1.19. The molecule has 2 rings (SSSR count).